The lowest BCUT2D eigenvalue weighted by atomic mass is 10.2. The molecule has 6 nitrogen and oxygen atoms in total. The number of benzene rings is 3. The van der Waals surface area contributed by atoms with Gasteiger partial charge in [0.1, 0.15) is 18.1 Å². The highest BCUT2D eigenvalue weighted by Gasteiger charge is 2.14. The van der Waals surface area contributed by atoms with Gasteiger partial charge in [0.25, 0.3) is 0 Å². The monoisotopic (exact) mass is 450 g/mol. The van der Waals surface area contributed by atoms with Crippen LogP contribution in [0.2, 0.25) is 5.02 Å². The second kappa shape index (κ2) is 9.75. The molecular formula is C25H23ClN2O4. The molecule has 4 rings (SSSR count). The maximum absolute atomic E-state index is 12.4. The first kappa shape index (κ1) is 21.7. The van der Waals surface area contributed by atoms with E-state index in [0.29, 0.717) is 22.9 Å². The van der Waals surface area contributed by atoms with Crippen LogP contribution in [0.15, 0.2) is 82.0 Å². The third-order valence-corrected chi connectivity index (χ3v) is 4.92. The van der Waals surface area contributed by atoms with Crippen LogP contribution in [-0.2, 0) is 13.2 Å². The Morgan fingerprint density at radius 3 is 2.53 bits per heavy atom. The molecular weight excluding hydrogens is 428 g/mol. The molecule has 0 bridgehead atoms. The molecule has 0 atom stereocenters. The van der Waals surface area contributed by atoms with Crippen LogP contribution in [0.5, 0.6) is 11.5 Å². The molecule has 0 aliphatic heterocycles. The van der Waals surface area contributed by atoms with Crippen LogP contribution in [0, 0.1) is 0 Å². The van der Waals surface area contributed by atoms with Gasteiger partial charge in [-0.1, -0.05) is 54.1 Å². The Hall–Kier alpha value is -3.51. The van der Waals surface area contributed by atoms with Crippen molar-refractivity contribution in [3.05, 3.63) is 99.5 Å². The summed E-state index contributed by atoms with van der Waals surface area (Å²) < 4.78 is 18.1. The van der Waals surface area contributed by atoms with Crippen molar-refractivity contribution < 1.29 is 13.9 Å². The van der Waals surface area contributed by atoms with Crippen molar-refractivity contribution in [2.45, 2.75) is 33.1 Å². The first-order chi connectivity index (χ1) is 15.5. The summed E-state index contributed by atoms with van der Waals surface area (Å²) in [5, 5.41) is 4.75. The van der Waals surface area contributed by atoms with Crippen LogP contribution in [0.3, 0.4) is 0 Å². The van der Waals surface area contributed by atoms with E-state index in [9.17, 15) is 4.79 Å². The van der Waals surface area contributed by atoms with Crippen molar-refractivity contribution in [1.29, 1.82) is 0 Å². The molecule has 7 heteroatoms. The standard InChI is InChI=1S/C25H23ClN2O4/c1-17(2)31-23-12-11-20(14-22(23)26)24-27-28(25(29)32-24)15-19-9-6-10-21(13-19)30-16-18-7-4-3-5-8-18/h3-14,17H,15-16H2,1-2H3. The number of hydrogen-bond acceptors (Lipinski definition) is 5. The van der Waals surface area contributed by atoms with Gasteiger partial charge in [-0.25, -0.2) is 4.79 Å². The number of rotatable bonds is 8. The Morgan fingerprint density at radius 2 is 1.78 bits per heavy atom. The fraction of sp³-hybridized carbons (Fsp3) is 0.200. The van der Waals surface area contributed by atoms with E-state index in [1.165, 1.54) is 4.68 Å². The number of ether oxygens (including phenoxy) is 2. The molecule has 0 aliphatic rings. The second-order valence-corrected chi connectivity index (χ2v) is 7.97. The normalized spacial score (nSPS) is 11.0. The molecule has 0 unspecified atom stereocenters. The molecule has 0 N–H and O–H groups in total. The van der Waals surface area contributed by atoms with Gasteiger partial charge in [0.15, 0.2) is 0 Å². The van der Waals surface area contributed by atoms with E-state index in [1.807, 2.05) is 68.4 Å². The molecule has 1 heterocycles. The van der Waals surface area contributed by atoms with Crippen molar-refractivity contribution in [1.82, 2.24) is 9.78 Å². The third-order valence-electron chi connectivity index (χ3n) is 4.63. The van der Waals surface area contributed by atoms with E-state index in [0.717, 1.165) is 16.9 Å². The molecule has 0 fully saturated rings. The van der Waals surface area contributed by atoms with Crippen LogP contribution >= 0.6 is 11.6 Å². The molecule has 0 spiro atoms. The lowest BCUT2D eigenvalue weighted by Crippen LogP contribution is -2.16. The second-order valence-electron chi connectivity index (χ2n) is 7.56. The number of aromatic nitrogens is 2. The summed E-state index contributed by atoms with van der Waals surface area (Å²) >= 11 is 6.30. The third kappa shape index (κ3) is 5.39. The molecule has 0 amide bonds. The van der Waals surface area contributed by atoms with E-state index in [-0.39, 0.29) is 18.5 Å². The highest BCUT2D eigenvalue weighted by Crippen LogP contribution is 2.30. The number of halogens is 1. The topological polar surface area (TPSA) is 66.5 Å². The van der Waals surface area contributed by atoms with Gasteiger partial charge in [-0.05, 0) is 55.3 Å². The van der Waals surface area contributed by atoms with Crippen molar-refractivity contribution >= 4 is 11.6 Å². The van der Waals surface area contributed by atoms with Gasteiger partial charge in [-0.2, -0.15) is 4.68 Å². The zero-order valence-electron chi connectivity index (χ0n) is 17.8. The van der Waals surface area contributed by atoms with Gasteiger partial charge in [-0.15, -0.1) is 5.10 Å². The Bertz CT molecular complexity index is 1250. The maximum Gasteiger partial charge on any atom is 0.437 e. The summed E-state index contributed by atoms with van der Waals surface area (Å²) in [6, 6.07) is 22.7. The fourth-order valence-corrected chi connectivity index (χ4v) is 3.38. The summed E-state index contributed by atoms with van der Waals surface area (Å²) in [6.45, 7) is 4.57. The highest BCUT2D eigenvalue weighted by atomic mass is 35.5. The summed E-state index contributed by atoms with van der Waals surface area (Å²) in [5.41, 5.74) is 2.55. The van der Waals surface area contributed by atoms with Crippen LogP contribution in [-0.4, -0.2) is 15.9 Å². The molecule has 0 aliphatic carbocycles. The van der Waals surface area contributed by atoms with Crippen LogP contribution in [0.25, 0.3) is 11.5 Å². The molecule has 0 saturated carbocycles. The largest absolute Gasteiger partial charge is 0.489 e. The highest BCUT2D eigenvalue weighted by molar-refractivity contribution is 6.32. The summed E-state index contributed by atoms with van der Waals surface area (Å²) in [4.78, 5) is 12.4. The molecule has 0 saturated heterocycles. The average molecular weight is 451 g/mol. The predicted molar refractivity (Wildman–Crippen MR) is 123 cm³/mol. The Labute approximate surface area is 191 Å². The molecule has 0 radical (unpaired) electrons. The molecule has 3 aromatic carbocycles. The average Bonchev–Trinajstić information content (AvgIpc) is 3.14. The molecule has 32 heavy (non-hydrogen) atoms. The van der Waals surface area contributed by atoms with Gasteiger partial charge in [0.2, 0.25) is 5.89 Å². The van der Waals surface area contributed by atoms with Crippen LogP contribution < -0.4 is 15.2 Å². The number of nitrogens with zero attached hydrogens (tertiary/aromatic N) is 2. The first-order valence-electron chi connectivity index (χ1n) is 10.3. The van der Waals surface area contributed by atoms with E-state index in [2.05, 4.69) is 5.10 Å². The lowest BCUT2D eigenvalue weighted by Gasteiger charge is -2.11. The van der Waals surface area contributed by atoms with Crippen molar-refractivity contribution in [2.75, 3.05) is 0 Å². The maximum atomic E-state index is 12.4. The van der Waals surface area contributed by atoms with Gasteiger partial charge >= 0.3 is 5.76 Å². The SMILES string of the molecule is CC(C)Oc1ccc(-c2nn(Cc3cccc(OCc4ccccc4)c3)c(=O)o2)cc1Cl. The van der Waals surface area contributed by atoms with Crippen molar-refractivity contribution in [2.24, 2.45) is 0 Å². The molecule has 164 valence electrons. The quantitative estimate of drug-likeness (QED) is 0.351. The zero-order valence-corrected chi connectivity index (χ0v) is 18.6. The van der Waals surface area contributed by atoms with Crippen molar-refractivity contribution in [3.63, 3.8) is 0 Å². The molecule has 4 aromatic rings. The summed E-state index contributed by atoms with van der Waals surface area (Å²) in [6.07, 6.45) is 0.00271. The zero-order chi connectivity index (χ0) is 22.5. The van der Waals surface area contributed by atoms with E-state index >= 15 is 0 Å². The van der Waals surface area contributed by atoms with Crippen LogP contribution in [0.4, 0.5) is 0 Å². The Balaban J connectivity index is 1.48. The predicted octanol–water partition coefficient (Wildman–Crippen LogP) is 5.57. The Morgan fingerprint density at radius 1 is 1.00 bits per heavy atom. The van der Waals surface area contributed by atoms with E-state index in [4.69, 9.17) is 25.5 Å². The molecule has 1 aromatic heterocycles. The Kier molecular flexibility index (Phi) is 6.61. The van der Waals surface area contributed by atoms with Gasteiger partial charge in [-0.3, -0.25) is 0 Å². The number of hydrogen-bond donors (Lipinski definition) is 0. The van der Waals surface area contributed by atoms with E-state index < -0.39 is 5.76 Å². The smallest absolute Gasteiger partial charge is 0.437 e. The van der Waals surface area contributed by atoms with E-state index in [1.54, 1.807) is 18.2 Å². The summed E-state index contributed by atoms with van der Waals surface area (Å²) in [5.74, 6) is 0.939. The fourth-order valence-electron chi connectivity index (χ4n) is 3.15. The summed E-state index contributed by atoms with van der Waals surface area (Å²) in [7, 11) is 0. The van der Waals surface area contributed by atoms with Crippen LogP contribution in [0.1, 0.15) is 25.0 Å². The van der Waals surface area contributed by atoms with Gasteiger partial charge in [0.05, 0.1) is 17.7 Å². The first-order valence-corrected chi connectivity index (χ1v) is 10.7. The minimum atomic E-state index is -0.547. The van der Waals surface area contributed by atoms with Gasteiger partial charge in [0, 0.05) is 5.56 Å². The van der Waals surface area contributed by atoms with Gasteiger partial charge < -0.3 is 13.9 Å². The minimum Gasteiger partial charge on any atom is -0.489 e. The lowest BCUT2D eigenvalue weighted by molar-refractivity contribution is 0.242. The minimum absolute atomic E-state index is 0.00271. The van der Waals surface area contributed by atoms with Crippen molar-refractivity contribution in [3.8, 4) is 23.0 Å².